The normalized spacial score (nSPS) is 10.3. The molecule has 1 heterocycles. The molecule has 0 aromatic carbocycles. The molecule has 0 radical (unpaired) electrons. The average Bonchev–Trinajstić information content (AvgIpc) is 2.23. The van der Waals surface area contributed by atoms with Crippen molar-refractivity contribution in [3.63, 3.8) is 0 Å². The molecule has 0 spiro atoms. The van der Waals surface area contributed by atoms with E-state index in [1.165, 1.54) is 5.56 Å². The zero-order chi connectivity index (χ0) is 11.1. The minimum absolute atomic E-state index is 0.693. The highest BCUT2D eigenvalue weighted by Gasteiger charge is 2.00. The Labute approximate surface area is 91.1 Å². The molecule has 84 valence electrons. The van der Waals surface area contributed by atoms with Crippen LogP contribution in [0.25, 0.3) is 0 Å². The lowest BCUT2D eigenvalue weighted by Crippen LogP contribution is -2.11. The summed E-state index contributed by atoms with van der Waals surface area (Å²) in [5.41, 5.74) is 2.29. The fraction of sp³-hybridized carbons (Fsp3) is 0.545. The Morgan fingerprint density at radius 2 is 2.20 bits per heavy atom. The molecule has 0 atom stereocenters. The van der Waals surface area contributed by atoms with Crippen LogP contribution in [0.5, 0.6) is 0 Å². The Balaban J connectivity index is 2.56. The molecular weight excluding hydrogens is 190 g/mol. The third-order valence-electron chi connectivity index (χ3n) is 2.17. The second kappa shape index (κ2) is 6.37. The fourth-order valence-electron chi connectivity index (χ4n) is 1.35. The van der Waals surface area contributed by atoms with Gasteiger partial charge in [0.05, 0.1) is 6.61 Å². The first-order chi connectivity index (χ1) is 7.27. The molecule has 1 aromatic heterocycles. The molecule has 0 saturated carbocycles. The number of ether oxygens (including phenoxy) is 1. The van der Waals surface area contributed by atoms with Gasteiger partial charge in [0.25, 0.3) is 0 Å². The second-order valence-corrected chi connectivity index (χ2v) is 3.39. The molecular formula is C11H19N3O. The maximum absolute atomic E-state index is 4.96. The summed E-state index contributed by atoms with van der Waals surface area (Å²) in [5, 5.41) is 6.32. The van der Waals surface area contributed by atoms with Crippen LogP contribution >= 0.6 is 0 Å². The summed E-state index contributed by atoms with van der Waals surface area (Å²) < 4.78 is 4.96. The maximum Gasteiger partial charge on any atom is 0.126 e. The number of aryl methyl sites for hydroxylation is 1. The van der Waals surface area contributed by atoms with Gasteiger partial charge in [-0.05, 0) is 25.6 Å². The molecule has 0 amide bonds. The summed E-state index contributed by atoms with van der Waals surface area (Å²) in [4.78, 5) is 4.46. The van der Waals surface area contributed by atoms with Gasteiger partial charge in [-0.25, -0.2) is 4.98 Å². The predicted molar refractivity (Wildman–Crippen MR) is 62.1 cm³/mol. The number of aromatic nitrogens is 1. The van der Waals surface area contributed by atoms with E-state index in [4.69, 9.17) is 4.74 Å². The topological polar surface area (TPSA) is 46.2 Å². The van der Waals surface area contributed by atoms with Crippen LogP contribution in [0.1, 0.15) is 11.3 Å². The van der Waals surface area contributed by atoms with Crippen molar-refractivity contribution in [2.75, 3.05) is 32.6 Å². The van der Waals surface area contributed by atoms with Crippen molar-refractivity contribution in [1.29, 1.82) is 0 Å². The van der Waals surface area contributed by atoms with Crippen LogP contribution < -0.4 is 10.6 Å². The summed E-state index contributed by atoms with van der Waals surface area (Å²) >= 11 is 0. The SMILES string of the molecule is CNCc1ccc(NCCOC)nc1C. The van der Waals surface area contributed by atoms with Crippen LogP contribution in [0.3, 0.4) is 0 Å². The van der Waals surface area contributed by atoms with Crippen LogP contribution in [0.2, 0.25) is 0 Å². The van der Waals surface area contributed by atoms with Crippen LogP contribution in [0.15, 0.2) is 12.1 Å². The Morgan fingerprint density at radius 3 is 2.80 bits per heavy atom. The minimum atomic E-state index is 0.693. The van der Waals surface area contributed by atoms with Crippen molar-refractivity contribution in [3.05, 3.63) is 23.4 Å². The summed E-state index contributed by atoms with van der Waals surface area (Å²) in [6, 6.07) is 4.09. The molecule has 0 saturated heterocycles. The van der Waals surface area contributed by atoms with Crippen LogP contribution in [0.4, 0.5) is 5.82 Å². The molecule has 4 heteroatoms. The van der Waals surface area contributed by atoms with Crippen molar-refractivity contribution >= 4 is 5.82 Å². The molecule has 0 aliphatic rings. The van der Waals surface area contributed by atoms with E-state index in [0.29, 0.717) is 6.61 Å². The summed E-state index contributed by atoms with van der Waals surface area (Å²) in [5.74, 6) is 0.907. The number of hydrogen-bond acceptors (Lipinski definition) is 4. The van der Waals surface area contributed by atoms with E-state index < -0.39 is 0 Å². The molecule has 4 nitrogen and oxygen atoms in total. The highest BCUT2D eigenvalue weighted by Crippen LogP contribution is 2.09. The molecule has 0 aliphatic heterocycles. The number of nitrogens with one attached hydrogen (secondary N) is 2. The van der Waals surface area contributed by atoms with Gasteiger partial charge in [-0.2, -0.15) is 0 Å². The molecule has 0 bridgehead atoms. The number of rotatable bonds is 6. The van der Waals surface area contributed by atoms with Crippen LogP contribution in [-0.2, 0) is 11.3 Å². The van der Waals surface area contributed by atoms with Gasteiger partial charge >= 0.3 is 0 Å². The average molecular weight is 209 g/mol. The second-order valence-electron chi connectivity index (χ2n) is 3.39. The number of anilines is 1. The van der Waals surface area contributed by atoms with E-state index in [-0.39, 0.29) is 0 Å². The Bertz CT molecular complexity index is 302. The van der Waals surface area contributed by atoms with Crippen molar-refractivity contribution in [1.82, 2.24) is 10.3 Å². The lowest BCUT2D eigenvalue weighted by Gasteiger charge is -2.08. The van der Waals surface area contributed by atoms with E-state index in [1.807, 2.05) is 20.0 Å². The van der Waals surface area contributed by atoms with Crippen LogP contribution in [0, 0.1) is 6.92 Å². The van der Waals surface area contributed by atoms with Gasteiger partial charge in [-0.15, -0.1) is 0 Å². The van der Waals surface area contributed by atoms with Gasteiger partial charge in [0.2, 0.25) is 0 Å². The first kappa shape index (κ1) is 11.9. The zero-order valence-corrected chi connectivity index (χ0v) is 9.63. The summed E-state index contributed by atoms with van der Waals surface area (Å²) in [6.07, 6.45) is 0. The molecule has 1 aromatic rings. The third-order valence-corrected chi connectivity index (χ3v) is 2.17. The van der Waals surface area contributed by atoms with E-state index >= 15 is 0 Å². The van der Waals surface area contributed by atoms with Gasteiger partial charge in [0.15, 0.2) is 0 Å². The Hall–Kier alpha value is -1.13. The van der Waals surface area contributed by atoms with E-state index in [0.717, 1.165) is 24.6 Å². The number of nitrogens with zero attached hydrogens (tertiary/aromatic N) is 1. The quantitative estimate of drug-likeness (QED) is 0.690. The highest BCUT2D eigenvalue weighted by molar-refractivity contribution is 5.38. The van der Waals surface area contributed by atoms with E-state index in [2.05, 4.69) is 21.7 Å². The minimum Gasteiger partial charge on any atom is -0.383 e. The van der Waals surface area contributed by atoms with Gasteiger partial charge in [-0.3, -0.25) is 0 Å². The zero-order valence-electron chi connectivity index (χ0n) is 9.63. The number of methoxy groups -OCH3 is 1. The van der Waals surface area contributed by atoms with Crippen molar-refractivity contribution in [2.45, 2.75) is 13.5 Å². The molecule has 1 rings (SSSR count). The van der Waals surface area contributed by atoms with E-state index in [9.17, 15) is 0 Å². The van der Waals surface area contributed by atoms with Gasteiger partial charge in [-0.1, -0.05) is 6.07 Å². The maximum atomic E-state index is 4.96. The van der Waals surface area contributed by atoms with Gasteiger partial charge in [0, 0.05) is 25.9 Å². The largest absolute Gasteiger partial charge is 0.383 e. The molecule has 0 aliphatic carbocycles. The van der Waals surface area contributed by atoms with Gasteiger partial charge in [0.1, 0.15) is 5.82 Å². The predicted octanol–water partition coefficient (Wildman–Crippen LogP) is 1.17. The number of hydrogen-bond donors (Lipinski definition) is 2. The van der Waals surface area contributed by atoms with Crippen molar-refractivity contribution in [3.8, 4) is 0 Å². The third kappa shape index (κ3) is 3.85. The van der Waals surface area contributed by atoms with Crippen LogP contribution in [-0.4, -0.2) is 32.3 Å². The summed E-state index contributed by atoms with van der Waals surface area (Å²) in [7, 11) is 3.63. The standard InChI is InChI=1S/C11H19N3O/c1-9-10(8-12-2)4-5-11(14-9)13-6-7-15-3/h4-5,12H,6-8H2,1-3H3,(H,13,14). The first-order valence-electron chi connectivity index (χ1n) is 5.12. The highest BCUT2D eigenvalue weighted by atomic mass is 16.5. The van der Waals surface area contributed by atoms with E-state index in [1.54, 1.807) is 7.11 Å². The summed E-state index contributed by atoms with van der Waals surface area (Å²) in [6.45, 7) is 4.36. The molecule has 0 unspecified atom stereocenters. The molecule has 0 fully saturated rings. The Morgan fingerprint density at radius 1 is 1.40 bits per heavy atom. The van der Waals surface area contributed by atoms with Gasteiger partial charge < -0.3 is 15.4 Å². The van der Waals surface area contributed by atoms with Crippen molar-refractivity contribution in [2.24, 2.45) is 0 Å². The fourth-order valence-corrected chi connectivity index (χ4v) is 1.35. The lowest BCUT2D eigenvalue weighted by molar-refractivity contribution is 0.210. The van der Waals surface area contributed by atoms with Crippen molar-refractivity contribution < 1.29 is 4.74 Å². The Kier molecular flexibility index (Phi) is 5.07. The molecule has 15 heavy (non-hydrogen) atoms. The monoisotopic (exact) mass is 209 g/mol. The first-order valence-corrected chi connectivity index (χ1v) is 5.12. The molecule has 2 N–H and O–H groups in total. The number of pyridine rings is 1. The smallest absolute Gasteiger partial charge is 0.126 e. The lowest BCUT2D eigenvalue weighted by atomic mass is 10.2.